The smallest absolute Gasteiger partial charge is 0.245 e. The number of hydrogen-bond acceptors (Lipinski definition) is 5. The summed E-state index contributed by atoms with van der Waals surface area (Å²) in [6.07, 6.45) is 2.91. The van der Waals surface area contributed by atoms with E-state index in [-0.39, 0.29) is 18.6 Å². The van der Waals surface area contributed by atoms with Crippen LogP contribution in [-0.2, 0) is 21.4 Å². The highest BCUT2D eigenvalue weighted by molar-refractivity contribution is 6.13. The summed E-state index contributed by atoms with van der Waals surface area (Å²) in [5.74, 6) is 2.48. The minimum Gasteiger partial charge on any atom is -0.497 e. The van der Waals surface area contributed by atoms with E-state index < -0.39 is 5.41 Å². The van der Waals surface area contributed by atoms with Gasteiger partial charge in [-0.1, -0.05) is 24.3 Å². The molecule has 7 rings (SSSR count). The number of benzene rings is 3. The maximum absolute atomic E-state index is 14.5. The van der Waals surface area contributed by atoms with Crippen molar-refractivity contribution in [2.24, 2.45) is 0 Å². The van der Waals surface area contributed by atoms with E-state index in [4.69, 9.17) is 18.9 Å². The van der Waals surface area contributed by atoms with E-state index >= 15 is 0 Å². The Kier molecular flexibility index (Phi) is 4.61. The Morgan fingerprint density at radius 2 is 1.94 bits per heavy atom. The number of amides is 1. The van der Waals surface area contributed by atoms with Gasteiger partial charge in [-0.15, -0.1) is 0 Å². The lowest BCUT2D eigenvalue weighted by Gasteiger charge is -2.25. The van der Waals surface area contributed by atoms with E-state index in [0.717, 1.165) is 76.6 Å². The zero-order valence-electron chi connectivity index (χ0n) is 19.7. The van der Waals surface area contributed by atoms with Crippen molar-refractivity contribution in [1.82, 2.24) is 0 Å². The molecule has 4 aliphatic heterocycles. The van der Waals surface area contributed by atoms with Crippen LogP contribution in [0.4, 0.5) is 5.69 Å². The quantitative estimate of drug-likeness (QED) is 0.563. The number of nitrogens with zero attached hydrogens (tertiary/aromatic N) is 1. The zero-order chi connectivity index (χ0) is 23.6. The number of fused-ring (bicyclic) bond motifs is 5. The normalized spacial score (nSPS) is 23.7. The molecule has 3 aromatic rings. The van der Waals surface area contributed by atoms with Crippen molar-refractivity contribution in [3.05, 3.63) is 71.3 Å². The molecule has 35 heavy (non-hydrogen) atoms. The lowest BCUT2D eigenvalue weighted by molar-refractivity contribution is -0.122. The topological polar surface area (TPSA) is 57.2 Å². The molecular weight excluding hydrogens is 442 g/mol. The van der Waals surface area contributed by atoms with Gasteiger partial charge in [-0.25, -0.2) is 0 Å². The van der Waals surface area contributed by atoms with Gasteiger partial charge in [0, 0.05) is 35.9 Å². The van der Waals surface area contributed by atoms with E-state index in [0.29, 0.717) is 13.2 Å². The molecule has 6 heteroatoms. The minimum atomic E-state index is -0.891. The van der Waals surface area contributed by atoms with Gasteiger partial charge >= 0.3 is 0 Å². The SMILES string of the molecule is COc1ccc(-c2cccc3c2C2(COc4cc5c(cc42)CCO5)C(=O)N3C[C@H]2CCCO2)cc1. The van der Waals surface area contributed by atoms with Gasteiger partial charge in [0.15, 0.2) is 0 Å². The largest absolute Gasteiger partial charge is 0.497 e. The third kappa shape index (κ3) is 2.96. The van der Waals surface area contributed by atoms with E-state index in [9.17, 15) is 4.79 Å². The molecule has 4 aliphatic rings. The highest BCUT2D eigenvalue weighted by Gasteiger charge is 2.58. The summed E-state index contributed by atoms with van der Waals surface area (Å²) in [6, 6.07) is 18.4. The molecular formula is C29H27NO5. The maximum atomic E-state index is 14.5. The Balaban J connectivity index is 1.44. The van der Waals surface area contributed by atoms with Gasteiger partial charge in [-0.05, 0) is 53.8 Å². The molecule has 0 bridgehead atoms. The summed E-state index contributed by atoms with van der Waals surface area (Å²) in [7, 11) is 1.67. The maximum Gasteiger partial charge on any atom is 0.245 e. The molecule has 1 spiro atoms. The fourth-order valence-corrected chi connectivity index (χ4v) is 6.15. The van der Waals surface area contributed by atoms with Gasteiger partial charge < -0.3 is 23.8 Å². The molecule has 6 nitrogen and oxygen atoms in total. The highest BCUT2D eigenvalue weighted by Crippen LogP contribution is 2.56. The number of hydrogen-bond donors (Lipinski definition) is 0. The van der Waals surface area contributed by atoms with Crippen LogP contribution in [0.25, 0.3) is 11.1 Å². The Morgan fingerprint density at radius 3 is 2.74 bits per heavy atom. The Bertz CT molecular complexity index is 1330. The fourth-order valence-electron chi connectivity index (χ4n) is 6.15. The number of ether oxygens (including phenoxy) is 4. The van der Waals surface area contributed by atoms with Gasteiger partial charge in [0.1, 0.15) is 29.3 Å². The summed E-state index contributed by atoms with van der Waals surface area (Å²) in [5.41, 5.74) is 5.26. The molecule has 0 aromatic heterocycles. The van der Waals surface area contributed by atoms with Gasteiger partial charge in [-0.2, -0.15) is 0 Å². The molecule has 1 fully saturated rings. The molecule has 0 N–H and O–H groups in total. The van der Waals surface area contributed by atoms with Gasteiger partial charge in [0.2, 0.25) is 5.91 Å². The van der Waals surface area contributed by atoms with E-state index in [1.165, 1.54) is 0 Å². The molecule has 2 atom stereocenters. The first-order valence-electron chi connectivity index (χ1n) is 12.3. The third-order valence-electron chi connectivity index (χ3n) is 7.88. The Hall–Kier alpha value is -3.51. The van der Waals surface area contributed by atoms with Crippen LogP contribution >= 0.6 is 0 Å². The fraction of sp³-hybridized carbons (Fsp3) is 0.345. The molecule has 1 saturated heterocycles. The van der Waals surface area contributed by atoms with Gasteiger partial charge in [-0.3, -0.25) is 4.79 Å². The predicted molar refractivity (Wildman–Crippen MR) is 132 cm³/mol. The minimum absolute atomic E-state index is 0.0572. The van der Waals surface area contributed by atoms with Crippen LogP contribution in [0.3, 0.4) is 0 Å². The van der Waals surface area contributed by atoms with Crippen molar-refractivity contribution in [3.63, 3.8) is 0 Å². The Morgan fingerprint density at radius 1 is 1.06 bits per heavy atom. The first-order chi connectivity index (χ1) is 17.2. The van der Waals surface area contributed by atoms with Crippen molar-refractivity contribution in [2.75, 3.05) is 38.4 Å². The molecule has 0 saturated carbocycles. The second-order valence-corrected chi connectivity index (χ2v) is 9.73. The van der Waals surface area contributed by atoms with Crippen LogP contribution in [0.15, 0.2) is 54.6 Å². The molecule has 1 unspecified atom stereocenters. The van der Waals surface area contributed by atoms with Crippen LogP contribution < -0.4 is 19.1 Å². The van der Waals surface area contributed by atoms with Crippen molar-refractivity contribution in [2.45, 2.75) is 30.8 Å². The van der Waals surface area contributed by atoms with Crippen LogP contribution in [-0.4, -0.2) is 45.5 Å². The lowest BCUT2D eigenvalue weighted by atomic mass is 9.73. The molecule has 178 valence electrons. The van der Waals surface area contributed by atoms with Crippen molar-refractivity contribution in [3.8, 4) is 28.4 Å². The predicted octanol–water partition coefficient (Wildman–Crippen LogP) is 4.50. The highest BCUT2D eigenvalue weighted by atomic mass is 16.5. The van der Waals surface area contributed by atoms with E-state index in [2.05, 4.69) is 30.3 Å². The van der Waals surface area contributed by atoms with Crippen molar-refractivity contribution in [1.29, 1.82) is 0 Å². The number of methoxy groups -OCH3 is 1. The van der Waals surface area contributed by atoms with Crippen LogP contribution in [0.5, 0.6) is 17.2 Å². The van der Waals surface area contributed by atoms with Crippen LogP contribution in [0.1, 0.15) is 29.5 Å². The summed E-state index contributed by atoms with van der Waals surface area (Å²) < 4.78 is 23.4. The lowest BCUT2D eigenvalue weighted by Crippen LogP contribution is -2.45. The van der Waals surface area contributed by atoms with Crippen molar-refractivity contribution < 1.29 is 23.7 Å². The standard InChI is InChI=1S/C29H27NO5/c1-32-20-9-7-18(8-10-20)22-5-2-6-24-27(22)29(28(31)30(24)16-21-4-3-12-33-21)17-35-26-15-25-19(11-13-34-25)14-23(26)29/h2,5-10,14-15,21H,3-4,11-13,16-17H2,1H3/t21-,29?/m1/s1. The third-order valence-corrected chi connectivity index (χ3v) is 7.88. The van der Waals surface area contributed by atoms with Crippen molar-refractivity contribution >= 4 is 11.6 Å². The first-order valence-corrected chi connectivity index (χ1v) is 12.3. The van der Waals surface area contributed by atoms with Crippen LogP contribution in [0.2, 0.25) is 0 Å². The van der Waals surface area contributed by atoms with Gasteiger partial charge in [0.25, 0.3) is 0 Å². The first kappa shape index (κ1) is 20.8. The van der Waals surface area contributed by atoms with E-state index in [1.54, 1.807) is 7.11 Å². The Labute approximate surface area is 204 Å². The monoisotopic (exact) mass is 469 g/mol. The summed E-state index contributed by atoms with van der Waals surface area (Å²) >= 11 is 0. The average Bonchev–Trinajstić information content (AvgIpc) is 3.68. The summed E-state index contributed by atoms with van der Waals surface area (Å²) in [5, 5.41) is 0. The number of rotatable bonds is 4. The average molecular weight is 470 g/mol. The number of carbonyl (C=O) groups is 1. The number of carbonyl (C=O) groups excluding carboxylic acids is 1. The van der Waals surface area contributed by atoms with Gasteiger partial charge in [0.05, 0.1) is 26.4 Å². The second kappa shape index (κ2) is 7.75. The summed E-state index contributed by atoms with van der Waals surface area (Å²) in [6.45, 7) is 2.27. The van der Waals surface area contributed by atoms with Crippen LogP contribution in [0, 0.1) is 0 Å². The molecule has 0 aliphatic carbocycles. The van der Waals surface area contributed by atoms with E-state index in [1.807, 2.05) is 29.2 Å². The molecule has 1 amide bonds. The molecule has 4 heterocycles. The molecule has 3 aromatic carbocycles. The second-order valence-electron chi connectivity index (χ2n) is 9.73. The number of anilines is 1. The summed E-state index contributed by atoms with van der Waals surface area (Å²) in [4.78, 5) is 16.4. The zero-order valence-corrected chi connectivity index (χ0v) is 19.7. The molecule has 0 radical (unpaired) electrons.